The lowest BCUT2D eigenvalue weighted by atomic mass is 10.2. The zero-order chi connectivity index (χ0) is 20.1. The Balaban J connectivity index is 1.53. The monoisotopic (exact) mass is 402 g/mol. The Labute approximate surface area is 167 Å². The first kappa shape index (κ1) is 19.7. The summed E-state index contributed by atoms with van der Waals surface area (Å²) in [4.78, 5) is 37.9. The molecular weight excluding hydrogens is 384 g/mol. The van der Waals surface area contributed by atoms with E-state index in [2.05, 4.69) is 5.32 Å². The zero-order valence-electron chi connectivity index (χ0n) is 15.2. The largest absolute Gasteiger partial charge is 0.482 e. The lowest BCUT2D eigenvalue weighted by Gasteiger charge is -2.29. The van der Waals surface area contributed by atoms with Crippen LogP contribution in [-0.2, 0) is 19.1 Å². The SMILES string of the molecule is C[C@@H](OC(=O)CCN1C(=O)COc2ccccc21)C(=O)Nc1ccccc1Cl. The third-order valence-electron chi connectivity index (χ3n) is 4.16. The minimum Gasteiger partial charge on any atom is -0.482 e. The first-order chi connectivity index (χ1) is 13.5. The van der Waals surface area contributed by atoms with E-state index in [4.69, 9.17) is 21.1 Å². The number of hydrogen-bond donors (Lipinski definition) is 1. The first-order valence-electron chi connectivity index (χ1n) is 8.73. The number of amides is 2. The Bertz CT molecular complexity index is 902. The molecule has 3 rings (SSSR count). The molecule has 28 heavy (non-hydrogen) atoms. The number of para-hydroxylation sites is 3. The van der Waals surface area contributed by atoms with E-state index in [1.54, 1.807) is 48.5 Å². The second-order valence-corrected chi connectivity index (χ2v) is 6.56. The van der Waals surface area contributed by atoms with Gasteiger partial charge in [-0.2, -0.15) is 0 Å². The molecule has 0 unspecified atom stereocenters. The second kappa shape index (κ2) is 8.75. The van der Waals surface area contributed by atoms with Gasteiger partial charge in [-0.1, -0.05) is 35.9 Å². The van der Waals surface area contributed by atoms with E-state index in [-0.39, 0.29) is 25.5 Å². The third-order valence-corrected chi connectivity index (χ3v) is 4.49. The standard InChI is InChI=1S/C20H19ClN2O5/c1-13(20(26)22-15-7-3-2-6-14(15)21)28-19(25)10-11-23-16-8-4-5-9-17(16)27-12-18(23)24/h2-9,13H,10-12H2,1H3,(H,22,26)/t13-/m1/s1. The fourth-order valence-electron chi connectivity index (χ4n) is 2.71. The number of halogens is 1. The fraction of sp³-hybridized carbons (Fsp3) is 0.250. The molecule has 1 heterocycles. The van der Waals surface area contributed by atoms with Crippen LogP contribution in [0.5, 0.6) is 5.75 Å². The summed E-state index contributed by atoms with van der Waals surface area (Å²) in [6.07, 6.45) is -1.06. The Hall–Kier alpha value is -3.06. The quantitative estimate of drug-likeness (QED) is 0.751. The number of esters is 1. The Morgan fingerprint density at radius 3 is 2.71 bits per heavy atom. The van der Waals surface area contributed by atoms with Crippen molar-refractivity contribution in [3.8, 4) is 5.75 Å². The molecule has 0 radical (unpaired) electrons. The van der Waals surface area contributed by atoms with Crippen LogP contribution in [0.15, 0.2) is 48.5 Å². The summed E-state index contributed by atoms with van der Waals surface area (Å²) >= 11 is 6.00. The van der Waals surface area contributed by atoms with Crippen LogP contribution in [0.4, 0.5) is 11.4 Å². The number of rotatable bonds is 6. The minimum atomic E-state index is -1.00. The molecule has 1 atom stereocenters. The number of hydrogen-bond acceptors (Lipinski definition) is 5. The summed E-state index contributed by atoms with van der Waals surface area (Å²) in [5, 5.41) is 3.00. The number of nitrogens with zero attached hydrogens (tertiary/aromatic N) is 1. The van der Waals surface area contributed by atoms with Crippen LogP contribution in [0.3, 0.4) is 0 Å². The molecule has 0 spiro atoms. The molecule has 0 fully saturated rings. The molecule has 1 aliphatic rings. The highest BCUT2D eigenvalue weighted by atomic mass is 35.5. The maximum atomic E-state index is 12.2. The summed E-state index contributed by atoms with van der Waals surface area (Å²) in [6.45, 7) is 1.53. The normalized spacial score (nSPS) is 13.9. The number of nitrogens with one attached hydrogen (secondary N) is 1. The smallest absolute Gasteiger partial charge is 0.308 e. The van der Waals surface area contributed by atoms with Gasteiger partial charge in [-0.3, -0.25) is 14.4 Å². The van der Waals surface area contributed by atoms with Crippen molar-refractivity contribution in [1.29, 1.82) is 0 Å². The van der Waals surface area contributed by atoms with Gasteiger partial charge in [0.1, 0.15) is 5.75 Å². The van der Waals surface area contributed by atoms with Gasteiger partial charge >= 0.3 is 5.97 Å². The van der Waals surface area contributed by atoms with Gasteiger partial charge in [0.05, 0.1) is 22.8 Å². The maximum Gasteiger partial charge on any atom is 0.308 e. The lowest BCUT2D eigenvalue weighted by Crippen LogP contribution is -2.40. The van der Waals surface area contributed by atoms with Gasteiger partial charge in [0.2, 0.25) is 0 Å². The van der Waals surface area contributed by atoms with Crippen molar-refractivity contribution in [2.45, 2.75) is 19.4 Å². The Morgan fingerprint density at radius 2 is 1.93 bits per heavy atom. The van der Waals surface area contributed by atoms with Crippen LogP contribution in [0, 0.1) is 0 Å². The minimum absolute atomic E-state index is 0.0518. The molecule has 0 saturated carbocycles. The predicted octanol–water partition coefficient (Wildman–Crippen LogP) is 3.03. The highest BCUT2D eigenvalue weighted by Crippen LogP contribution is 2.31. The van der Waals surface area contributed by atoms with E-state index in [1.807, 2.05) is 0 Å². The van der Waals surface area contributed by atoms with Crippen LogP contribution in [0.1, 0.15) is 13.3 Å². The van der Waals surface area contributed by atoms with Gasteiger partial charge < -0.3 is 19.7 Å². The van der Waals surface area contributed by atoms with Crippen molar-refractivity contribution >= 4 is 40.8 Å². The van der Waals surface area contributed by atoms with Crippen molar-refractivity contribution in [3.63, 3.8) is 0 Å². The molecule has 0 bridgehead atoms. The molecule has 2 amide bonds. The molecule has 0 saturated heterocycles. The molecule has 0 aromatic heterocycles. The predicted molar refractivity (Wildman–Crippen MR) is 105 cm³/mol. The van der Waals surface area contributed by atoms with Crippen LogP contribution < -0.4 is 15.0 Å². The maximum absolute atomic E-state index is 12.2. The number of fused-ring (bicyclic) bond motifs is 1. The van der Waals surface area contributed by atoms with Crippen LogP contribution >= 0.6 is 11.6 Å². The summed E-state index contributed by atoms with van der Waals surface area (Å²) in [5.41, 5.74) is 1.05. The summed E-state index contributed by atoms with van der Waals surface area (Å²) in [7, 11) is 0. The lowest BCUT2D eigenvalue weighted by molar-refractivity contribution is -0.153. The van der Waals surface area contributed by atoms with E-state index in [0.29, 0.717) is 22.1 Å². The molecular formula is C20H19ClN2O5. The number of carbonyl (C=O) groups is 3. The molecule has 1 N–H and O–H groups in total. The fourth-order valence-corrected chi connectivity index (χ4v) is 2.89. The van der Waals surface area contributed by atoms with E-state index in [1.165, 1.54) is 11.8 Å². The first-order valence-corrected chi connectivity index (χ1v) is 9.10. The Kier molecular flexibility index (Phi) is 6.16. The Morgan fingerprint density at radius 1 is 1.21 bits per heavy atom. The topological polar surface area (TPSA) is 84.9 Å². The van der Waals surface area contributed by atoms with Crippen molar-refractivity contribution in [2.24, 2.45) is 0 Å². The van der Waals surface area contributed by atoms with Gasteiger partial charge in [0.15, 0.2) is 12.7 Å². The summed E-state index contributed by atoms with van der Waals surface area (Å²) < 4.78 is 10.5. The van der Waals surface area contributed by atoms with Crippen molar-refractivity contribution in [1.82, 2.24) is 0 Å². The van der Waals surface area contributed by atoms with Crippen LogP contribution in [-0.4, -0.2) is 37.0 Å². The van der Waals surface area contributed by atoms with Crippen LogP contribution in [0.25, 0.3) is 0 Å². The summed E-state index contributed by atoms with van der Waals surface area (Å²) in [5.74, 6) is -0.730. The van der Waals surface area contributed by atoms with Gasteiger partial charge in [0, 0.05) is 6.54 Å². The van der Waals surface area contributed by atoms with E-state index in [9.17, 15) is 14.4 Å². The number of ether oxygens (including phenoxy) is 2. The van der Waals surface area contributed by atoms with Crippen molar-refractivity contribution in [2.75, 3.05) is 23.4 Å². The average Bonchev–Trinajstić information content (AvgIpc) is 2.69. The van der Waals surface area contributed by atoms with Crippen molar-refractivity contribution < 1.29 is 23.9 Å². The second-order valence-electron chi connectivity index (χ2n) is 6.15. The van der Waals surface area contributed by atoms with Gasteiger partial charge in [0.25, 0.3) is 11.8 Å². The van der Waals surface area contributed by atoms with E-state index >= 15 is 0 Å². The molecule has 1 aliphatic heterocycles. The van der Waals surface area contributed by atoms with Gasteiger partial charge in [-0.25, -0.2) is 0 Å². The van der Waals surface area contributed by atoms with Crippen molar-refractivity contribution in [3.05, 3.63) is 53.6 Å². The van der Waals surface area contributed by atoms with E-state index in [0.717, 1.165) is 0 Å². The molecule has 146 valence electrons. The zero-order valence-corrected chi connectivity index (χ0v) is 15.9. The number of anilines is 2. The van der Waals surface area contributed by atoms with E-state index < -0.39 is 18.0 Å². The molecule has 0 aliphatic carbocycles. The molecule has 2 aromatic rings. The molecule has 7 nitrogen and oxygen atoms in total. The molecule has 8 heteroatoms. The van der Waals surface area contributed by atoms with Gasteiger partial charge in [-0.15, -0.1) is 0 Å². The highest BCUT2D eigenvalue weighted by molar-refractivity contribution is 6.33. The average molecular weight is 403 g/mol. The number of carbonyl (C=O) groups excluding carboxylic acids is 3. The highest BCUT2D eigenvalue weighted by Gasteiger charge is 2.26. The van der Waals surface area contributed by atoms with Crippen LogP contribution in [0.2, 0.25) is 5.02 Å². The number of benzene rings is 2. The summed E-state index contributed by atoms with van der Waals surface area (Å²) in [6, 6.07) is 13.9. The molecule has 2 aromatic carbocycles. The van der Waals surface area contributed by atoms with Gasteiger partial charge in [-0.05, 0) is 31.2 Å². The third kappa shape index (κ3) is 4.61.